The van der Waals surface area contributed by atoms with Crippen molar-refractivity contribution in [3.63, 3.8) is 0 Å². The first-order valence-corrected chi connectivity index (χ1v) is 10.2. The zero-order valence-electron chi connectivity index (χ0n) is 16.5. The molecule has 146 valence electrons. The Labute approximate surface area is 158 Å². The van der Waals surface area contributed by atoms with E-state index in [1.54, 1.807) is 0 Å². The largest absolute Gasteiger partial charge is 0.356 e. The van der Waals surface area contributed by atoms with E-state index >= 15 is 0 Å². The molecular weight excluding hydrogens is 324 g/mol. The third kappa shape index (κ3) is 8.61. The Kier molecular flexibility index (Phi) is 11.6. The van der Waals surface area contributed by atoms with Crippen molar-refractivity contribution < 1.29 is 9.59 Å². The van der Waals surface area contributed by atoms with E-state index in [0.717, 1.165) is 38.5 Å². The fourth-order valence-corrected chi connectivity index (χ4v) is 3.21. The molecule has 0 saturated carbocycles. The Morgan fingerprint density at radius 2 is 1.77 bits per heavy atom. The molecule has 1 aromatic rings. The van der Waals surface area contributed by atoms with Gasteiger partial charge >= 0.3 is 0 Å². The Morgan fingerprint density at radius 3 is 2.38 bits per heavy atom. The molecule has 0 aliphatic rings. The summed E-state index contributed by atoms with van der Waals surface area (Å²) >= 11 is 0. The van der Waals surface area contributed by atoms with Gasteiger partial charge in [0.2, 0.25) is 5.91 Å². The molecule has 0 fully saturated rings. The van der Waals surface area contributed by atoms with Crippen LogP contribution in [0.5, 0.6) is 0 Å². The number of ketones is 1. The molecule has 0 aliphatic heterocycles. The number of rotatable bonds is 14. The number of carbonyl (C=O) groups is 2. The molecule has 0 radical (unpaired) electrons. The molecule has 0 spiro atoms. The number of Topliss-reactive ketones (excluding diaryl/α,β-unsaturated/α-hetero) is 1. The van der Waals surface area contributed by atoms with Crippen LogP contribution in [0.4, 0.5) is 0 Å². The van der Waals surface area contributed by atoms with E-state index in [1.165, 1.54) is 5.56 Å². The zero-order chi connectivity index (χ0) is 19.2. The minimum Gasteiger partial charge on any atom is -0.356 e. The minimum absolute atomic E-state index is 0.0122. The van der Waals surface area contributed by atoms with Crippen molar-refractivity contribution >= 4 is 11.7 Å². The van der Waals surface area contributed by atoms with Gasteiger partial charge in [-0.05, 0) is 50.6 Å². The third-order valence-electron chi connectivity index (χ3n) is 4.98. The van der Waals surface area contributed by atoms with Gasteiger partial charge in [-0.25, -0.2) is 0 Å². The first kappa shape index (κ1) is 22.4. The molecule has 0 bridgehead atoms. The highest BCUT2D eigenvalue weighted by Gasteiger charge is 2.25. The van der Waals surface area contributed by atoms with E-state index in [1.807, 2.05) is 18.2 Å². The highest BCUT2D eigenvalue weighted by atomic mass is 16.2. The second kappa shape index (κ2) is 13.5. The molecule has 1 aromatic carbocycles. The molecule has 1 amide bonds. The lowest BCUT2D eigenvalue weighted by atomic mass is 9.86. The van der Waals surface area contributed by atoms with Crippen molar-refractivity contribution in [2.75, 3.05) is 13.1 Å². The quantitative estimate of drug-likeness (QED) is 0.495. The third-order valence-corrected chi connectivity index (χ3v) is 4.98. The summed E-state index contributed by atoms with van der Waals surface area (Å²) in [5, 5.41) is 2.98. The molecule has 0 unspecified atom stereocenters. The summed E-state index contributed by atoms with van der Waals surface area (Å²) < 4.78 is 0. The van der Waals surface area contributed by atoms with Crippen molar-refractivity contribution in [1.82, 2.24) is 5.32 Å². The van der Waals surface area contributed by atoms with Crippen LogP contribution < -0.4 is 11.1 Å². The number of hydrogen-bond donors (Lipinski definition) is 2. The van der Waals surface area contributed by atoms with Crippen molar-refractivity contribution in [2.24, 2.45) is 17.6 Å². The molecule has 0 aliphatic carbocycles. The van der Waals surface area contributed by atoms with Gasteiger partial charge in [0.25, 0.3) is 0 Å². The smallest absolute Gasteiger partial charge is 0.223 e. The predicted molar refractivity (Wildman–Crippen MR) is 108 cm³/mol. The highest BCUT2D eigenvalue weighted by molar-refractivity contribution is 5.88. The van der Waals surface area contributed by atoms with Crippen LogP contribution in [0.2, 0.25) is 0 Å². The standard InChI is InChI=1S/C22H36N2O2/c1-3-5-16-24-22(26)20(12-9-15-23)17-21(25)19(4-2)14-13-18-10-7-6-8-11-18/h6-8,10-11,19-20H,3-5,9,12-17,23H2,1-2H3,(H,24,26)/t19-,20+/m0/s1. The number of nitrogens with two attached hydrogens (primary N) is 1. The van der Waals surface area contributed by atoms with Gasteiger partial charge in [0.1, 0.15) is 5.78 Å². The first-order valence-electron chi connectivity index (χ1n) is 10.2. The molecule has 4 nitrogen and oxygen atoms in total. The Hall–Kier alpha value is -1.68. The number of unbranched alkanes of at least 4 members (excludes halogenated alkanes) is 1. The maximum atomic E-state index is 12.8. The number of carbonyl (C=O) groups excluding carboxylic acids is 2. The van der Waals surface area contributed by atoms with Crippen LogP contribution in [0.25, 0.3) is 0 Å². The van der Waals surface area contributed by atoms with Gasteiger partial charge in [0.15, 0.2) is 0 Å². The van der Waals surface area contributed by atoms with Crippen LogP contribution in [0.1, 0.15) is 64.4 Å². The van der Waals surface area contributed by atoms with E-state index in [-0.39, 0.29) is 23.5 Å². The highest BCUT2D eigenvalue weighted by Crippen LogP contribution is 2.21. The van der Waals surface area contributed by atoms with Gasteiger partial charge in [-0.15, -0.1) is 0 Å². The van der Waals surface area contributed by atoms with Crippen LogP contribution in [0.3, 0.4) is 0 Å². The monoisotopic (exact) mass is 360 g/mol. The zero-order valence-corrected chi connectivity index (χ0v) is 16.5. The average molecular weight is 361 g/mol. The number of aryl methyl sites for hydroxylation is 1. The van der Waals surface area contributed by atoms with Gasteiger partial charge < -0.3 is 11.1 Å². The first-order chi connectivity index (χ1) is 12.6. The van der Waals surface area contributed by atoms with E-state index in [0.29, 0.717) is 25.9 Å². The molecule has 26 heavy (non-hydrogen) atoms. The normalized spacial score (nSPS) is 13.2. The molecule has 0 aromatic heterocycles. The summed E-state index contributed by atoms with van der Waals surface area (Å²) in [5.74, 6) is 0.0157. The van der Waals surface area contributed by atoms with Crippen molar-refractivity contribution in [3.8, 4) is 0 Å². The molecule has 3 N–H and O–H groups in total. The van der Waals surface area contributed by atoms with E-state index in [2.05, 4.69) is 31.3 Å². The molecule has 0 saturated heterocycles. The van der Waals surface area contributed by atoms with Crippen molar-refractivity contribution in [1.29, 1.82) is 0 Å². The van der Waals surface area contributed by atoms with Gasteiger partial charge in [0, 0.05) is 24.8 Å². The lowest BCUT2D eigenvalue weighted by Crippen LogP contribution is -2.34. The minimum atomic E-state index is -0.242. The van der Waals surface area contributed by atoms with Crippen LogP contribution >= 0.6 is 0 Å². The Bertz CT molecular complexity index is 516. The lowest BCUT2D eigenvalue weighted by Gasteiger charge is -2.19. The number of hydrogen-bond acceptors (Lipinski definition) is 3. The van der Waals surface area contributed by atoms with Crippen molar-refractivity contribution in [2.45, 2.75) is 65.2 Å². The topological polar surface area (TPSA) is 72.2 Å². The fraction of sp³-hybridized carbons (Fsp3) is 0.636. The second-order valence-corrected chi connectivity index (χ2v) is 7.07. The molecule has 0 heterocycles. The number of benzene rings is 1. The molecule has 1 rings (SSSR count). The summed E-state index contributed by atoms with van der Waals surface area (Å²) in [6.45, 7) is 5.40. The molecular formula is C22H36N2O2. The number of amides is 1. The van der Waals surface area contributed by atoms with E-state index in [4.69, 9.17) is 5.73 Å². The molecule has 2 atom stereocenters. The van der Waals surface area contributed by atoms with Gasteiger partial charge in [-0.1, -0.05) is 50.6 Å². The second-order valence-electron chi connectivity index (χ2n) is 7.07. The van der Waals surface area contributed by atoms with Gasteiger partial charge in [-0.3, -0.25) is 9.59 Å². The lowest BCUT2D eigenvalue weighted by molar-refractivity contribution is -0.131. The SMILES string of the molecule is CCCCNC(=O)[C@H](CCCN)CC(=O)[C@@H](CC)CCc1ccccc1. The van der Waals surface area contributed by atoms with Crippen LogP contribution in [-0.4, -0.2) is 24.8 Å². The van der Waals surface area contributed by atoms with Crippen molar-refractivity contribution in [3.05, 3.63) is 35.9 Å². The summed E-state index contributed by atoms with van der Waals surface area (Å²) in [7, 11) is 0. The maximum absolute atomic E-state index is 12.8. The Balaban J connectivity index is 2.58. The average Bonchev–Trinajstić information content (AvgIpc) is 2.66. The summed E-state index contributed by atoms with van der Waals surface area (Å²) in [4.78, 5) is 25.2. The van der Waals surface area contributed by atoms with Gasteiger partial charge in [-0.2, -0.15) is 0 Å². The summed E-state index contributed by atoms with van der Waals surface area (Å²) in [5.41, 5.74) is 6.87. The van der Waals surface area contributed by atoms with E-state index in [9.17, 15) is 9.59 Å². The predicted octanol–water partition coefficient (Wildman–Crippen LogP) is 3.88. The van der Waals surface area contributed by atoms with Gasteiger partial charge in [0.05, 0.1) is 0 Å². The van der Waals surface area contributed by atoms with Crippen LogP contribution in [-0.2, 0) is 16.0 Å². The van der Waals surface area contributed by atoms with E-state index < -0.39 is 0 Å². The van der Waals surface area contributed by atoms with Crippen LogP contribution in [0, 0.1) is 11.8 Å². The maximum Gasteiger partial charge on any atom is 0.223 e. The Morgan fingerprint density at radius 1 is 1.04 bits per heavy atom. The van der Waals surface area contributed by atoms with Crippen LogP contribution in [0.15, 0.2) is 30.3 Å². The number of nitrogens with one attached hydrogen (secondary N) is 1. The molecule has 4 heteroatoms. The summed E-state index contributed by atoms with van der Waals surface area (Å²) in [6, 6.07) is 10.3. The summed E-state index contributed by atoms with van der Waals surface area (Å²) in [6.07, 6.45) is 6.40. The fourth-order valence-electron chi connectivity index (χ4n) is 3.21.